The Morgan fingerprint density at radius 1 is 0.594 bits per heavy atom. The number of benzene rings is 3. The summed E-state index contributed by atoms with van der Waals surface area (Å²) in [6.07, 6.45) is 0. The summed E-state index contributed by atoms with van der Waals surface area (Å²) in [5.41, 5.74) is 1.44. The van der Waals surface area contributed by atoms with E-state index in [1.54, 1.807) is 19.1 Å². The van der Waals surface area contributed by atoms with Gasteiger partial charge >= 0.3 is 7.59 Å². The number of halogens is 6. The molecule has 13 heteroatoms. The summed E-state index contributed by atoms with van der Waals surface area (Å²) in [5, 5.41) is 28.5. The molecule has 5 N–H and O–H groups in total. The van der Waals surface area contributed by atoms with E-state index in [-0.39, 0.29) is 43.0 Å². The molecule has 0 aliphatic rings. The van der Waals surface area contributed by atoms with Crippen molar-refractivity contribution in [2.45, 2.75) is 6.92 Å². The first kappa shape index (κ1) is 25.3. The molecule has 0 aliphatic heterocycles. The van der Waals surface area contributed by atoms with Crippen LogP contribution in [-0.2, 0) is 4.57 Å². The van der Waals surface area contributed by atoms with Gasteiger partial charge in [0, 0.05) is 27.1 Å². The van der Waals surface area contributed by atoms with Crippen molar-refractivity contribution in [2.24, 2.45) is 0 Å². The Morgan fingerprint density at radius 2 is 0.844 bits per heavy atom. The van der Waals surface area contributed by atoms with Crippen LogP contribution in [0.1, 0.15) is 5.56 Å². The maximum atomic E-state index is 13.9. The lowest BCUT2D eigenvalue weighted by Gasteiger charge is -2.25. The van der Waals surface area contributed by atoms with Crippen LogP contribution in [0.3, 0.4) is 0 Å². The lowest BCUT2D eigenvalue weighted by atomic mass is 10.2. The fraction of sp³-hybridized carbons (Fsp3) is 0.0526. The number of anilines is 3. The lowest BCUT2D eigenvalue weighted by molar-refractivity contribution is 0.475. The topological polar surface area (TPSA) is 93.6 Å². The molecule has 0 heterocycles. The van der Waals surface area contributed by atoms with Gasteiger partial charge in [0.15, 0.2) is 11.5 Å². The third-order valence-electron chi connectivity index (χ3n) is 4.17. The van der Waals surface area contributed by atoms with Crippen molar-refractivity contribution in [1.29, 1.82) is 0 Å². The zero-order valence-corrected chi connectivity index (χ0v) is 21.4. The van der Waals surface area contributed by atoms with Gasteiger partial charge in [0.2, 0.25) is 0 Å². The van der Waals surface area contributed by atoms with E-state index in [0.717, 1.165) is 0 Å². The molecule has 0 aliphatic carbocycles. The van der Waals surface area contributed by atoms with Gasteiger partial charge in [-0.25, -0.2) is 0 Å². The van der Waals surface area contributed by atoms with Crippen LogP contribution in [0.5, 0.6) is 11.5 Å². The molecule has 170 valence electrons. The highest BCUT2D eigenvalue weighted by atomic mass is 35.5. The minimum Gasteiger partial charge on any atom is -0.505 e. The van der Waals surface area contributed by atoms with E-state index in [9.17, 15) is 14.8 Å². The zero-order chi connectivity index (χ0) is 23.8. The van der Waals surface area contributed by atoms with Gasteiger partial charge in [0.1, 0.15) is 0 Å². The van der Waals surface area contributed by atoms with Gasteiger partial charge in [-0.3, -0.25) is 4.57 Å². The van der Waals surface area contributed by atoms with Crippen molar-refractivity contribution in [3.63, 3.8) is 0 Å². The van der Waals surface area contributed by atoms with Gasteiger partial charge in [-0.1, -0.05) is 69.6 Å². The summed E-state index contributed by atoms with van der Waals surface area (Å²) in [7, 11) is -3.81. The fourth-order valence-corrected chi connectivity index (χ4v) is 5.71. The Morgan fingerprint density at radius 3 is 1.12 bits per heavy atom. The molecule has 0 saturated carbocycles. The lowest BCUT2D eigenvalue weighted by Crippen LogP contribution is -2.14. The molecular weight excluding hydrogens is 562 g/mol. The van der Waals surface area contributed by atoms with Crippen molar-refractivity contribution in [3.05, 3.63) is 72.1 Å². The van der Waals surface area contributed by atoms with Gasteiger partial charge < -0.3 is 25.5 Å². The molecule has 6 nitrogen and oxygen atoms in total. The van der Waals surface area contributed by atoms with Crippen molar-refractivity contribution in [3.8, 4) is 11.5 Å². The van der Waals surface area contributed by atoms with Crippen molar-refractivity contribution in [2.75, 3.05) is 15.3 Å². The summed E-state index contributed by atoms with van der Waals surface area (Å²) >= 11 is 36.3. The predicted molar refractivity (Wildman–Crippen MR) is 136 cm³/mol. The third kappa shape index (κ3) is 5.75. The first-order valence-electron chi connectivity index (χ1n) is 8.65. The van der Waals surface area contributed by atoms with E-state index in [0.29, 0.717) is 21.3 Å². The van der Waals surface area contributed by atoms with Crippen molar-refractivity contribution < 1.29 is 14.8 Å². The molecule has 32 heavy (non-hydrogen) atoms. The second-order valence-electron chi connectivity index (χ2n) is 6.59. The van der Waals surface area contributed by atoms with Crippen LogP contribution in [0.4, 0.5) is 17.1 Å². The van der Waals surface area contributed by atoms with Crippen LogP contribution >= 0.6 is 77.2 Å². The van der Waals surface area contributed by atoms with Crippen molar-refractivity contribution in [1.82, 2.24) is 0 Å². The van der Waals surface area contributed by atoms with Gasteiger partial charge in [-0.15, -0.1) is 0 Å². The Kier molecular flexibility index (Phi) is 7.78. The highest BCUT2D eigenvalue weighted by Gasteiger charge is 2.25. The molecule has 3 aromatic carbocycles. The Labute approximate surface area is 213 Å². The Bertz CT molecular complexity index is 1040. The van der Waals surface area contributed by atoms with E-state index in [1.165, 1.54) is 24.3 Å². The number of phenols is 2. The van der Waals surface area contributed by atoms with Gasteiger partial charge in [0.25, 0.3) is 0 Å². The summed E-state index contributed by atoms with van der Waals surface area (Å²) in [6.45, 7) is 1.74. The van der Waals surface area contributed by atoms with Gasteiger partial charge in [-0.2, -0.15) is 0 Å². The van der Waals surface area contributed by atoms with Crippen LogP contribution in [0.25, 0.3) is 0 Å². The van der Waals surface area contributed by atoms with Gasteiger partial charge in [0.05, 0.1) is 20.1 Å². The quantitative estimate of drug-likeness (QED) is 0.149. The first-order valence-corrected chi connectivity index (χ1v) is 12.6. The molecule has 0 atom stereocenters. The molecule has 0 amide bonds. The van der Waals surface area contributed by atoms with E-state index in [2.05, 4.69) is 15.3 Å². The average Bonchev–Trinajstić information content (AvgIpc) is 2.68. The average molecular weight is 576 g/mol. The molecule has 0 spiro atoms. The highest BCUT2D eigenvalue weighted by molar-refractivity contribution is 7.68. The molecule has 0 radical (unpaired) electrons. The van der Waals surface area contributed by atoms with E-state index in [4.69, 9.17) is 69.6 Å². The normalized spacial score (nSPS) is 11.3. The number of phenolic OH excluding ortho intramolecular Hbond substituents is 2. The van der Waals surface area contributed by atoms with Crippen LogP contribution in [0, 0.1) is 6.92 Å². The highest BCUT2D eigenvalue weighted by Crippen LogP contribution is 2.49. The molecule has 0 unspecified atom stereocenters. The summed E-state index contributed by atoms with van der Waals surface area (Å²) in [4.78, 5) is 0. The second kappa shape index (κ2) is 9.86. The molecule has 3 aromatic rings. The van der Waals surface area contributed by atoms with E-state index < -0.39 is 7.59 Å². The molecule has 0 bridgehead atoms. The summed E-state index contributed by atoms with van der Waals surface area (Å²) in [5.74, 6) is -0.632. The second-order valence-corrected chi connectivity index (χ2v) is 10.9. The van der Waals surface area contributed by atoms with E-state index >= 15 is 0 Å². The van der Waals surface area contributed by atoms with Gasteiger partial charge in [-0.05, 0) is 48.9 Å². The van der Waals surface area contributed by atoms with Crippen LogP contribution in [-0.4, -0.2) is 10.2 Å². The fourth-order valence-electron chi connectivity index (χ4n) is 2.60. The van der Waals surface area contributed by atoms with Crippen LogP contribution in [0.15, 0.2) is 36.4 Å². The summed E-state index contributed by atoms with van der Waals surface area (Å²) in [6, 6.07) is 8.45. The number of hydrogen-bond acceptors (Lipinski definition) is 3. The maximum absolute atomic E-state index is 13.9. The molecule has 0 fully saturated rings. The zero-order valence-electron chi connectivity index (χ0n) is 16.0. The first-order chi connectivity index (χ1) is 14.9. The largest absolute Gasteiger partial charge is 0.505 e. The number of hydrogen-bond donors (Lipinski definition) is 5. The SMILES string of the molecule is Cc1c(Cl)cc(NP(=O)(Nc2cc(Cl)c(O)c(Cl)c2)Nc2cc(Cl)c(O)c(Cl)c2)cc1Cl. The molecular formula is C19H14Cl6N3O3P. The standard InChI is InChI=1S/C19H14Cl6N3O3P/c1-8-12(20)2-9(3-13(8)21)26-32(31,27-10-4-14(22)18(29)15(23)5-10)28-11-6-16(24)19(30)17(25)7-11/h2-7,29-30H,1H3,(H3,26,27,28,31). The minimum absolute atomic E-state index is 0.0521. The summed E-state index contributed by atoms with van der Waals surface area (Å²) < 4.78 is 13.9. The minimum atomic E-state index is -3.81. The number of aromatic hydroxyl groups is 2. The third-order valence-corrected chi connectivity index (χ3v) is 7.83. The molecule has 3 rings (SSSR count). The maximum Gasteiger partial charge on any atom is 0.352 e. The predicted octanol–water partition coefficient (Wildman–Crippen LogP) is 9.07. The number of nitrogens with one attached hydrogen (secondary N) is 3. The van der Waals surface area contributed by atoms with E-state index in [1.807, 2.05) is 0 Å². The van der Waals surface area contributed by atoms with Crippen molar-refractivity contribution >= 4 is 94.3 Å². The van der Waals surface area contributed by atoms with Crippen LogP contribution in [0.2, 0.25) is 30.1 Å². The number of rotatable bonds is 6. The molecule has 0 aromatic heterocycles. The Hall–Kier alpha value is -1.37. The molecule has 0 saturated heterocycles. The van der Waals surface area contributed by atoms with Crippen LogP contribution < -0.4 is 15.3 Å². The monoisotopic (exact) mass is 573 g/mol. The Balaban J connectivity index is 2.05. The smallest absolute Gasteiger partial charge is 0.352 e.